The number of pyridine rings is 1. The first-order valence-corrected chi connectivity index (χ1v) is 4.72. The summed E-state index contributed by atoms with van der Waals surface area (Å²) in [4.78, 5) is 4.24. The summed E-state index contributed by atoms with van der Waals surface area (Å²) in [6.07, 6.45) is 3.73. The van der Waals surface area contributed by atoms with E-state index in [-0.39, 0.29) is 0 Å². The van der Waals surface area contributed by atoms with Crippen molar-refractivity contribution in [3.05, 3.63) is 24.2 Å². The van der Waals surface area contributed by atoms with Gasteiger partial charge in [-0.05, 0) is 13.0 Å². The van der Waals surface area contributed by atoms with Crippen molar-refractivity contribution in [2.75, 3.05) is 13.2 Å². The minimum atomic E-state index is 0.411. The second-order valence-corrected chi connectivity index (χ2v) is 3.66. The van der Waals surface area contributed by atoms with Gasteiger partial charge in [-0.25, -0.2) is 0 Å². The summed E-state index contributed by atoms with van der Waals surface area (Å²) in [6, 6.07) is 2.48. The van der Waals surface area contributed by atoms with Crippen molar-refractivity contribution in [3.63, 3.8) is 0 Å². The molecule has 0 atom stereocenters. The maximum absolute atomic E-state index is 5.16. The fraction of sp³-hybridized carbons (Fsp3) is 0.400. The monoisotopic (exact) mass is 189 g/mol. The van der Waals surface area contributed by atoms with E-state index in [1.165, 1.54) is 0 Å². The van der Waals surface area contributed by atoms with E-state index in [2.05, 4.69) is 16.1 Å². The van der Waals surface area contributed by atoms with Gasteiger partial charge < -0.3 is 4.74 Å². The number of aryl methyl sites for hydroxylation is 1. The molecule has 72 valence electrons. The summed E-state index contributed by atoms with van der Waals surface area (Å²) in [6.45, 7) is 3.55. The minimum Gasteiger partial charge on any atom is -0.377 e. The van der Waals surface area contributed by atoms with E-state index < -0.39 is 0 Å². The Morgan fingerprint density at radius 2 is 2.29 bits per heavy atom. The van der Waals surface area contributed by atoms with E-state index in [1.54, 1.807) is 0 Å². The molecule has 2 aromatic heterocycles. The molecule has 4 nitrogen and oxygen atoms in total. The largest absolute Gasteiger partial charge is 0.377 e. The van der Waals surface area contributed by atoms with Crippen LogP contribution >= 0.6 is 0 Å². The first-order chi connectivity index (χ1) is 6.84. The van der Waals surface area contributed by atoms with Crippen molar-refractivity contribution in [1.29, 1.82) is 0 Å². The Hall–Kier alpha value is -1.42. The van der Waals surface area contributed by atoms with Crippen LogP contribution in [0.5, 0.6) is 0 Å². The van der Waals surface area contributed by atoms with Crippen LogP contribution in [0.2, 0.25) is 0 Å². The van der Waals surface area contributed by atoms with E-state index in [9.17, 15) is 0 Å². The zero-order chi connectivity index (χ0) is 9.54. The Morgan fingerprint density at radius 3 is 3.00 bits per heavy atom. The van der Waals surface area contributed by atoms with Gasteiger partial charge in [0.15, 0.2) is 0 Å². The third-order valence-electron chi connectivity index (χ3n) is 2.58. The van der Waals surface area contributed by atoms with Crippen LogP contribution in [-0.4, -0.2) is 28.0 Å². The molecule has 3 rings (SSSR count). The third kappa shape index (κ3) is 1.04. The third-order valence-corrected chi connectivity index (χ3v) is 2.58. The molecular weight excluding hydrogens is 178 g/mol. The zero-order valence-electron chi connectivity index (χ0n) is 7.97. The Bertz CT molecular complexity index is 473. The minimum absolute atomic E-state index is 0.411. The molecule has 0 spiro atoms. The second-order valence-electron chi connectivity index (χ2n) is 3.66. The number of ether oxygens (including phenoxy) is 1. The Labute approximate surface area is 81.5 Å². The molecule has 0 unspecified atom stereocenters. The number of rotatable bonds is 1. The van der Waals surface area contributed by atoms with Crippen LogP contribution in [0.4, 0.5) is 0 Å². The van der Waals surface area contributed by atoms with Gasteiger partial charge >= 0.3 is 0 Å². The van der Waals surface area contributed by atoms with Crippen LogP contribution in [0.15, 0.2) is 18.5 Å². The van der Waals surface area contributed by atoms with E-state index in [4.69, 9.17) is 4.74 Å². The Balaban J connectivity index is 2.18. The molecule has 0 aromatic carbocycles. The molecule has 0 bridgehead atoms. The molecule has 2 aromatic rings. The van der Waals surface area contributed by atoms with Gasteiger partial charge in [0.05, 0.1) is 31.0 Å². The highest BCUT2D eigenvalue weighted by atomic mass is 16.5. The van der Waals surface area contributed by atoms with Crippen molar-refractivity contribution < 1.29 is 4.74 Å². The zero-order valence-corrected chi connectivity index (χ0v) is 7.97. The van der Waals surface area contributed by atoms with Gasteiger partial charge in [0.25, 0.3) is 0 Å². The van der Waals surface area contributed by atoms with Crippen molar-refractivity contribution in [3.8, 4) is 0 Å². The van der Waals surface area contributed by atoms with E-state index in [0.29, 0.717) is 6.04 Å². The van der Waals surface area contributed by atoms with Gasteiger partial charge in [0.1, 0.15) is 0 Å². The van der Waals surface area contributed by atoms with Crippen LogP contribution < -0.4 is 0 Å². The SMILES string of the molecule is Cc1cc2c(cn1)cnn2C1COC1. The number of hydrogen-bond acceptors (Lipinski definition) is 3. The maximum atomic E-state index is 5.16. The summed E-state index contributed by atoms with van der Waals surface area (Å²) >= 11 is 0. The maximum Gasteiger partial charge on any atom is 0.0992 e. The molecule has 1 saturated heterocycles. The molecule has 0 radical (unpaired) electrons. The smallest absolute Gasteiger partial charge is 0.0992 e. The summed E-state index contributed by atoms with van der Waals surface area (Å²) in [5.74, 6) is 0. The molecule has 0 N–H and O–H groups in total. The van der Waals surface area contributed by atoms with Crippen molar-refractivity contribution >= 4 is 10.9 Å². The van der Waals surface area contributed by atoms with Crippen LogP contribution in [0, 0.1) is 6.92 Å². The molecule has 0 saturated carbocycles. The van der Waals surface area contributed by atoms with Gasteiger partial charge in [-0.15, -0.1) is 0 Å². The van der Waals surface area contributed by atoms with Crippen LogP contribution in [0.1, 0.15) is 11.7 Å². The molecule has 14 heavy (non-hydrogen) atoms. The number of aromatic nitrogens is 3. The van der Waals surface area contributed by atoms with E-state index in [0.717, 1.165) is 29.8 Å². The Kier molecular flexibility index (Phi) is 1.58. The summed E-state index contributed by atoms with van der Waals surface area (Å²) in [5, 5.41) is 5.45. The molecule has 1 aliphatic rings. The Morgan fingerprint density at radius 1 is 1.43 bits per heavy atom. The predicted molar refractivity (Wildman–Crippen MR) is 52.1 cm³/mol. The highest BCUT2D eigenvalue weighted by Crippen LogP contribution is 2.22. The lowest BCUT2D eigenvalue weighted by atomic mass is 10.2. The van der Waals surface area contributed by atoms with Crippen LogP contribution in [-0.2, 0) is 4.74 Å². The lowest BCUT2D eigenvalue weighted by Crippen LogP contribution is -2.31. The molecule has 4 heteroatoms. The van der Waals surface area contributed by atoms with Crippen molar-refractivity contribution in [2.45, 2.75) is 13.0 Å². The molecule has 1 aliphatic heterocycles. The second kappa shape index (κ2) is 2.78. The normalized spacial score (nSPS) is 17.2. The molecule has 0 amide bonds. The number of nitrogens with zero attached hydrogens (tertiary/aromatic N) is 3. The summed E-state index contributed by atoms with van der Waals surface area (Å²) in [7, 11) is 0. The quantitative estimate of drug-likeness (QED) is 0.679. The molecular formula is C10H11N3O. The first kappa shape index (κ1) is 7.94. The highest BCUT2D eigenvalue weighted by Gasteiger charge is 2.22. The highest BCUT2D eigenvalue weighted by molar-refractivity contribution is 5.78. The van der Waals surface area contributed by atoms with E-state index in [1.807, 2.05) is 24.0 Å². The standard InChI is InChI=1S/C10H11N3O/c1-7-2-10-8(3-11-7)4-12-13(10)9-5-14-6-9/h2-4,9H,5-6H2,1H3. The summed E-state index contributed by atoms with van der Waals surface area (Å²) < 4.78 is 7.20. The molecule has 1 fully saturated rings. The van der Waals surface area contributed by atoms with Gasteiger partial charge in [-0.2, -0.15) is 5.10 Å². The molecule has 3 heterocycles. The summed E-state index contributed by atoms with van der Waals surface area (Å²) in [5.41, 5.74) is 2.19. The van der Waals surface area contributed by atoms with Gasteiger partial charge in [-0.1, -0.05) is 0 Å². The molecule has 0 aliphatic carbocycles. The average molecular weight is 189 g/mol. The van der Waals surface area contributed by atoms with Crippen LogP contribution in [0.25, 0.3) is 10.9 Å². The predicted octanol–water partition coefficient (Wildman–Crippen LogP) is 1.31. The first-order valence-electron chi connectivity index (χ1n) is 4.72. The van der Waals surface area contributed by atoms with Crippen molar-refractivity contribution in [2.24, 2.45) is 0 Å². The average Bonchev–Trinajstić information content (AvgIpc) is 2.46. The number of fused-ring (bicyclic) bond motifs is 1. The van der Waals surface area contributed by atoms with Crippen LogP contribution in [0.3, 0.4) is 0 Å². The topological polar surface area (TPSA) is 39.9 Å². The fourth-order valence-electron chi connectivity index (χ4n) is 1.70. The lowest BCUT2D eigenvalue weighted by Gasteiger charge is -2.26. The number of hydrogen-bond donors (Lipinski definition) is 0. The van der Waals surface area contributed by atoms with Crippen molar-refractivity contribution in [1.82, 2.24) is 14.8 Å². The lowest BCUT2D eigenvalue weighted by molar-refractivity contribution is -0.0266. The van der Waals surface area contributed by atoms with Gasteiger partial charge in [0.2, 0.25) is 0 Å². The van der Waals surface area contributed by atoms with Gasteiger partial charge in [0, 0.05) is 17.3 Å². The van der Waals surface area contributed by atoms with Gasteiger partial charge in [-0.3, -0.25) is 9.67 Å². The van der Waals surface area contributed by atoms with E-state index >= 15 is 0 Å². The fourth-order valence-corrected chi connectivity index (χ4v) is 1.70.